The van der Waals surface area contributed by atoms with Crippen LogP contribution in [0.25, 0.3) is 0 Å². The maximum atomic E-state index is 5.43. The van der Waals surface area contributed by atoms with Crippen molar-refractivity contribution in [2.75, 3.05) is 6.61 Å². The summed E-state index contributed by atoms with van der Waals surface area (Å²) in [6, 6.07) is 0. The van der Waals surface area contributed by atoms with Crippen molar-refractivity contribution >= 4 is 0 Å². The molecule has 0 amide bonds. The van der Waals surface area contributed by atoms with E-state index in [0.717, 1.165) is 12.2 Å². The van der Waals surface area contributed by atoms with Crippen molar-refractivity contribution in [2.24, 2.45) is 5.92 Å². The molecule has 78 valence electrons. The zero-order valence-electron chi connectivity index (χ0n) is 8.90. The molecule has 2 atom stereocenters. The molecule has 0 spiro atoms. The highest BCUT2D eigenvalue weighted by molar-refractivity contribution is 5.16. The summed E-state index contributed by atoms with van der Waals surface area (Å²) in [5, 5.41) is 0. The third kappa shape index (κ3) is 2.95. The molecule has 2 nitrogen and oxygen atoms in total. The van der Waals surface area contributed by atoms with E-state index in [1.54, 1.807) is 0 Å². The van der Waals surface area contributed by atoms with Crippen LogP contribution in [0, 0.1) is 5.92 Å². The van der Waals surface area contributed by atoms with Crippen LogP contribution < -0.4 is 0 Å². The van der Waals surface area contributed by atoms with E-state index in [9.17, 15) is 0 Å². The lowest BCUT2D eigenvalue weighted by Gasteiger charge is -2.17. The maximum absolute atomic E-state index is 5.43. The van der Waals surface area contributed by atoms with Gasteiger partial charge in [-0.3, -0.25) is 0 Å². The molecule has 0 saturated heterocycles. The van der Waals surface area contributed by atoms with Crippen LogP contribution in [0.3, 0.4) is 0 Å². The molecule has 0 radical (unpaired) electrons. The van der Waals surface area contributed by atoms with Crippen LogP contribution >= 0.6 is 0 Å². The first-order valence-corrected chi connectivity index (χ1v) is 5.05. The van der Waals surface area contributed by atoms with E-state index in [1.807, 2.05) is 13.0 Å². The van der Waals surface area contributed by atoms with Crippen LogP contribution in [0.4, 0.5) is 0 Å². The van der Waals surface area contributed by atoms with E-state index in [4.69, 9.17) is 9.47 Å². The summed E-state index contributed by atoms with van der Waals surface area (Å²) in [6.45, 7) is 8.40. The van der Waals surface area contributed by atoms with E-state index >= 15 is 0 Å². The minimum Gasteiger partial charge on any atom is -0.498 e. The number of rotatable bonds is 4. The molecule has 14 heavy (non-hydrogen) atoms. The second-order valence-corrected chi connectivity index (χ2v) is 3.33. The van der Waals surface area contributed by atoms with Crippen molar-refractivity contribution in [1.29, 1.82) is 0 Å². The van der Waals surface area contributed by atoms with Gasteiger partial charge in [0, 0.05) is 12.3 Å². The van der Waals surface area contributed by atoms with E-state index in [0.29, 0.717) is 12.5 Å². The second kappa shape index (κ2) is 5.53. The quantitative estimate of drug-likeness (QED) is 0.640. The predicted molar refractivity (Wildman–Crippen MR) is 57.7 cm³/mol. The van der Waals surface area contributed by atoms with Crippen LogP contribution in [0.2, 0.25) is 0 Å². The third-order valence-corrected chi connectivity index (χ3v) is 2.28. The normalized spacial score (nSPS) is 26.3. The fourth-order valence-corrected chi connectivity index (χ4v) is 1.46. The largest absolute Gasteiger partial charge is 0.498 e. The van der Waals surface area contributed by atoms with Crippen LogP contribution in [0.15, 0.2) is 36.8 Å². The van der Waals surface area contributed by atoms with Crippen molar-refractivity contribution in [3.05, 3.63) is 36.8 Å². The summed E-state index contributed by atoms with van der Waals surface area (Å²) in [6.07, 6.45) is 8.76. The fourth-order valence-electron chi connectivity index (χ4n) is 1.46. The third-order valence-electron chi connectivity index (χ3n) is 2.28. The van der Waals surface area contributed by atoms with Gasteiger partial charge in [-0.05, 0) is 19.1 Å². The minimum absolute atomic E-state index is 0.182. The minimum atomic E-state index is 0.182. The Balaban J connectivity index is 2.62. The lowest BCUT2D eigenvalue weighted by atomic mass is 10.0. The Morgan fingerprint density at radius 1 is 1.64 bits per heavy atom. The van der Waals surface area contributed by atoms with Crippen molar-refractivity contribution in [2.45, 2.75) is 26.4 Å². The molecule has 1 rings (SSSR count). The Morgan fingerprint density at radius 3 is 3.07 bits per heavy atom. The molecule has 1 aliphatic carbocycles. The Labute approximate surface area is 85.9 Å². The van der Waals surface area contributed by atoms with Crippen LogP contribution in [0.1, 0.15) is 20.3 Å². The average molecular weight is 194 g/mol. The maximum Gasteiger partial charge on any atom is 0.115 e. The summed E-state index contributed by atoms with van der Waals surface area (Å²) < 4.78 is 10.8. The molecule has 2 heteroatoms. The van der Waals surface area contributed by atoms with Crippen molar-refractivity contribution in [3.63, 3.8) is 0 Å². The first-order valence-electron chi connectivity index (χ1n) is 5.05. The zero-order valence-corrected chi connectivity index (χ0v) is 8.90. The predicted octanol–water partition coefficient (Wildman–Crippen LogP) is 3.03. The van der Waals surface area contributed by atoms with Gasteiger partial charge >= 0.3 is 0 Å². The summed E-state index contributed by atoms with van der Waals surface area (Å²) in [5.74, 6) is 1.33. The zero-order chi connectivity index (χ0) is 10.4. The molecule has 1 aliphatic rings. The number of allylic oxidation sites excluding steroid dienone is 1. The van der Waals surface area contributed by atoms with E-state index in [-0.39, 0.29) is 6.10 Å². The lowest BCUT2D eigenvalue weighted by Crippen LogP contribution is -2.16. The summed E-state index contributed by atoms with van der Waals surface area (Å²) >= 11 is 0. The number of ether oxygens (including phenoxy) is 2. The summed E-state index contributed by atoms with van der Waals surface area (Å²) in [5.41, 5.74) is 0. The van der Waals surface area contributed by atoms with Crippen LogP contribution in [-0.2, 0) is 9.47 Å². The molecule has 0 fully saturated rings. The highest BCUT2D eigenvalue weighted by Crippen LogP contribution is 2.20. The Hall–Kier alpha value is -1.18. The monoisotopic (exact) mass is 194 g/mol. The molecule has 0 aromatic rings. The van der Waals surface area contributed by atoms with E-state index in [2.05, 4.69) is 25.7 Å². The summed E-state index contributed by atoms with van der Waals surface area (Å²) in [7, 11) is 0. The Kier molecular flexibility index (Phi) is 4.30. The molecule has 0 saturated carbocycles. The van der Waals surface area contributed by atoms with Gasteiger partial charge in [0.25, 0.3) is 0 Å². The van der Waals surface area contributed by atoms with Gasteiger partial charge < -0.3 is 9.47 Å². The Morgan fingerprint density at radius 2 is 2.43 bits per heavy atom. The lowest BCUT2D eigenvalue weighted by molar-refractivity contribution is 0.115. The molecule has 0 N–H and O–H groups in total. The topological polar surface area (TPSA) is 18.5 Å². The van der Waals surface area contributed by atoms with Gasteiger partial charge in [0.05, 0.1) is 12.9 Å². The molecule has 0 aromatic heterocycles. The smallest absolute Gasteiger partial charge is 0.115 e. The molecule has 0 bridgehead atoms. The van der Waals surface area contributed by atoms with Gasteiger partial charge in [-0.2, -0.15) is 0 Å². The van der Waals surface area contributed by atoms with Gasteiger partial charge in [0.1, 0.15) is 11.9 Å². The average Bonchev–Trinajstić information content (AvgIpc) is 2.34. The van der Waals surface area contributed by atoms with Crippen molar-refractivity contribution in [1.82, 2.24) is 0 Å². The van der Waals surface area contributed by atoms with Gasteiger partial charge in [-0.1, -0.05) is 19.6 Å². The SMILES string of the molecule is C=CO[C@H]1CC=C(OCC)C=C[C@H]1C. The van der Waals surface area contributed by atoms with Crippen LogP contribution in [-0.4, -0.2) is 12.7 Å². The van der Waals surface area contributed by atoms with Gasteiger partial charge in [0.15, 0.2) is 0 Å². The Bertz CT molecular complexity index is 241. The molecule has 0 heterocycles. The molecular formula is C12H18O2. The van der Waals surface area contributed by atoms with E-state index in [1.165, 1.54) is 6.26 Å². The van der Waals surface area contributed by atoms with Crippen molar-refractivity contribution in [3.8, 4) is 0 Å². The van der Waals surface area contributed by atoms with Gasteiger partial charge in [-0.25, -0.2) is 0 Å². The second-order valence-electron chi connectivity index (χ2n) is 3.33. The van der Waals surface area contributed by atoms with Gasteiger partial charge in [0.2, 0.25) is 0 Å². The highest BCUT2D eigenvalue weighted by atomic mass is 16.5. The fraction of sp³-hybridized carbons (Fsp3) is 0.500. The first kappa shape index (κ1) is 10.9. The van der Waals surface area contributed by atoms with Crippen LogP contribution in [0.5, 0.6) is 0 Å². The first-order chi connectivity index (χ1) is 6.77. The van der Waals surface area contributed by atoms with E-state index < -0.39 is 0 Å². The molecular weight excluding hydrogens is 176 g/mol. The molecule has 0 aliphatic heterocycles. The number of hydrogen-bond donors (Lipinski definition) is 0. The summed E-state index contributed by atoms with van der Waals surface area (Å²) in [4.78, 5) is 0. The van der Waals surface area contributed by atoms with Crippen molar-refractivity contribution < 1.29 is 9.47 Å². The molecule has 0 unspecified atom stereocenters. The van der Waals surface area contributed by atoms with Gasteiger partial charge in [-0.15, -0.1) is 0 Å². The standard InChI is InChI=1S/C12H18O2/c1-4-13-11-7-6-10(3)12(9-8-11)14-5-2/h5-8,10,12H,2,4,9H2,1,3H3/t10-,12+/m1/s1. The number of hydrogen-bond acceptors (Lipinski definition) is 2. The highest BCUT2D eigenvalue weighted by Gasteiger charge is 2.16. The molecule has 0 aromatic carbocycles.